The maximum Gasteiger partial charge on any atom is 0.225 e. The van der Waals surface area contributed by atoms with Crippen molar-refractivity contribution in [3.8, 4) is 0 Å². The zero-order valence-corrected chi connectivity index (χ0v) is 13.8. The third kappa shape index (κ3) is 4.90. The number of likely N-dealkylation sites (tertiary alicyclic amines) is 1. The second kappa shape index (κ2) is 7.62. The second-order valence-corrected chi connectivity index (χ2v) is 6.92. The van der Waals surface area contributed by atoms with Gasteiger partial charge in [0.1, 0.15) is 0 Å². The van der Waals surface area contributed by atoms with Crippen LogP contribution in [-0.2, 0) is 9.53 Å². The van der Waals surface area contributed by atoms with Crippen molar-refractivity contribution in [3.63, 3.8) is 0 Å². The Balaban J connectivity index is 0.00000200. The SMILES string of the molecule is CC(C)(C)C1CCN(C(=O)CC2CNCCO2)CC1.Cl. The Morgan fingerprint density at radius 2 is 1.95 bits per heavy atom. The van der Waals surface area contributed by atoms with E-state index in [1.807, 2.05) is 4.90 Å². The van der Waals surface area contributed by atoms with Gasteiger partial charge in [0.2, 0.25) is 5.91 Å². The summed E-state index contributed by atoms with van der Waals surface area (Å²) in [6.07, 6.45) is 2.88. The molecular formula is C15H29ClN2O2. The third-order valence-electron chi connectivity index (χ3n) is 4.48. The Kier molecular flexibility index (Phi) is 6.76. The van der Waals surface area contributed by atoms with Gasteiger partial charge in [-0.15, -0.1) is 12.4 Å². The standard InChI is InChI=1S/C15H28N2O2.ClH/c1-15(2,3)12-4-7-17(8-5-12)14(18)10-13-11-16-6-9-19-13;/h12-13,16H,4-11H2,1-3H3;1H. The van der Waals surface area contributed by atoms with Crippen molar-refractivity contribution in [1.29, 1.82) is 0 Å². The first-order valence-corrected chi connectivity index (χ1v) is 7.57. The van der Waals surface area contributed by atoms with Crippen LogP contribution in [0.25, 0.3) is 0 Å². The van der Waals surface area contributed by atoms with E-state index in [9.17, 15) is 4.79 Å². The van der Waals surface area contributed by atoms with Crippen molar-refractivity contribution in [1.82, 2.24) is 10.2 Å². The van der Waals surface area contributed by atoms with Crippen molar-refractivity contribution in [2.24, 2.45) is 11.3 Å². The first-order valence-electron chi connectivity index (χ1n) is 7.57. The van der Waals surface area contributed by atoms with E-state index in [-0.39, 0.29) is 24.4 Å². The number of carbonyl (C=O) groups excluding carboxylic acids is 1. The van der Waals surface area contributed by atoms with Crippen molar-refractivity contribution >= 4 is 18.3 Å². The molecule has 2 fully saturated rings. The summed E-state index contributed by atoms with van der Waals surface area (Å²) in [6, 6.07) is 0. The Labute approximate surface area is 129 Å². The fraction of sp³-hybridized carbons (Fsp3) is 0.933. The third-order valence-corrected chi connectivity index (χ3v) is 4.48. The van der Waals surface area contributed by atoms with Crippen LogP contribution in [0, 0.1) is 11.3 Å². The average molecular weight is 305 g/mol. The summed E-state index contributed by atoms with van der Waals surface area (Å²) in [5, 5.41) is 3.27. The second-order valence-electron chi connectivity index (χ2n) is 6.92. The topological polar surface area (TPSA) is 41.6 Å². The van der Waals surface area contributed by atoms with E-state index in [0.717, 1.165) is 51.5 Å². The molecular weight excluding hydrogens is 276 g/mol. The minimum Gasteiger partial charge on any atom is -0.375 e. The van der Waals surface area contributed by atoms with Crippen molar-refractivity contribution in [3.05, 3.63) is 0 Å². The van der Waals surface area contributed by atoms with E-state index in [1.165, 1.54) is 0 Å². The molecule has 1 N–H and O–H groups in total. The molecule has 0 aliphatic carbocycles. The highest BCUT2D eigenvalue weighted by Crippen LogP contribution is 2.34. The molecule has 0 radical (unpaired) electrons. The van der Waals surface area contributed by atoms with Crippen LogP contribution in [0.1, 0.15) is 40.0 Å². The Morgan fingerprint density at radius 1 is 1.30 bits per heavy atom. The van der Waals surface area contributed by atoms with Gasteiger partial charge in [-0.25, -0.2) is 0 Å². The van der Waals surface area contributed by atoms with Gasteiger partial charge in [0.25, 0.3) is 0 Å². The molecule has 0 bridgehead atoms. The lowest BCUT2D eigenvalue weighted by Crippen LogP contribution is -2.45. The van der Waals surface area contributed by atoms with Gasteiger partial charge in [0, 0.05) is 26.2 Å². The zero-order valence-electron chi connectivity index (χ0n) is 13.0. The van der Waals surface area contributed by atoms with Crippen LogP contribution in [-0.4, -0.2) is 49.7 Å². The number of morpholine rings is 1. The molecule has 2 aliphatic heterocycles. The van der Waals surface area contributed by atoms with Crippen molar-refractivity contribution < 1.29 is 9.53 Å². The van der Waals surface area contributed by atoms with Crippen LogP contribution in [0.2, 0.25) is 0 Å². The van der Waals surface area contributed by atoms with Gasteiger partial charge in [0.15, 0.2) is 0 Å². The Morgan fingerprint density at radius 3 is 2.45 bits per heavy atom. The highest BCUT2D eigenvalue weighted by Gasteiger charge is 2.31. The zero-order chi connectivity index (χ0) is 13.9. The predicted molar refractivity (Wildman–Crippen MR) is 83.2 cm³/mol. The van der Waals surface area contributed by atoms with Gasteiger partial charge in [-0.1, -0.05) is 20.8 Å². The van der Waals surface area contributed by atoms with Gasteiger partial charge < -0.3 is 15.0 Å². The number of amides is 1. The van der Waals surface area contributed by atoms with E-state index in [1.54, 1.807) is 0 Å². The van der Waals surface area contributed by atoms with E-state index < -0.39 is 0 Å². The molecule has 0 aromatic heterocycles. The molecule has 1 atom stereocenters. The van der Waals surface area contributed by atoms with Crippen molar-refractivity contribution in [2.75, 3.05) is 32.8 Å². The molecule has 2 saturated heterocycles. The summed E-state index contributed by atoms with van der Waals surface area (Å²) in [7, 11) is 0. The average Bonchev–Trinajstić information content (AvgIpc) is 2.39. The smallest absolute Gasteiger partial charge is 0.225 e. The van der Waals surface area contributed by atoms with Crippen LogP contribution >= 0.6 is 12.4 Å². The number of halogens is 1. The number of carbonyl (C=O) groups is 1. The fourth-order valence-electron chi connectivity index (χ4n) is 3.07. The number of hydrogen-bond acceptors (Lipinski definition) is 3. The molecule has 20 heavy (non-hydrogen) atoms. The molecule has 1 amide bonds. The Hall–Kier alpha value is -0.320. The normalized spacial score (nSPS) is 25.1. The highest BCUT2D eigenvalue weighted by atomic mass is 35.5. The lowest BCUT2D eigenvalue weighted by atomic mass is 9.75. The lowest BCUT2D eigenvalue weighted by Gasteiger charge is -2.39. The summed E-state index contributed by atoms with van der Waals surface area (Å²) in [6.45, 7) is 11.2. The highest BCUT2D eigenvalue weighted by molar-refractivity contribution is 5.85. The Bertz CT molecular complexity index is 303. The molecule has 0 aromatic carbocycles. The largest absolute Gasteiger partial charge is 0.375 e. The number of rotatable bonds is 2. The summed E-state index contributed by atoms with van der Waals surface area (Å²) in [4.78, 5) is 14.3. The number of piperidine rings is 1. The molecule has 118 valence electrons. The quantitative estimate of drug-likeness (QED) is 0.849. The molecule has 4 nitrogen and oxygen atoms in total. The van der Waals surface area contributed by atoms with Crippen LogP contribution < -0.4 is 5.32 Å². The maximum atomic E-state index is 12.2. The molecule has 2 rings (SSSR count). The molecule has 1 unspecified atom stereocenters. The summed E-state index contributed by atoms with van der Waals surface area (Å²) < 4.78 is 5.60. The summed E-state index contributed by atoms with van der Waals surface area (Å²) in [5.74, 6) is 1.00. The molecule has 2 aliphatic rings. The maximum absolute atomic E-state index is 12.2. The number of nitrogens with one attached hydrogen (secondary N) is 1. The summed E-state index contributed by atoms with van der Waals surface area (Å²) >= 11 is 0. The summed E-state index contributed by atoms with van der Waals surface area (Å²) in [5.41, 5.74) is 0.367. The van der Waals surface area contributed by atoms with Gasteiger partial charge in [-0.2, -0.15) is 0 Å². The minimum absolute atomic E-state index is 0. The monoisotopic (exact) mass is 304 g/mol. The van der Waals surface area contributed by atoms with Crippen LogP contribution in [0.3, 0.4) is 0 Å². The number of ether oxygens (including phenoxy) is 1. The molecule has 5 heteroatoms. The first kappa shape index (κ1) is 17.7. The van der Waals surface area contributed by atoms with E-state index in [4.69, 9.17) is 4.74 Å². The minimum atomic E-state index is 0. The van der Waals surface area contributed by atoms with Gasteiger partial charge in [-0.05, 0) is 24.2 Å². The van der Waals surface area contributed by atoms with Crippen molar-refractivity contribution in [2.45, 2.75) is 46.1 Å². The number of hydrogen-bond donors (Lipinski definition) is 1. The van der Waals surface area contributed by atoms with E-state index in [0.29, 0.717) is 11.8 Å². The fourth-order valence-corrected chi connectivity index (χ4v) is 3.07. The van der Waals surface area contributed by atoms with Gasteiger partial charge in [-0.3, -0.25) is 4.79 Å². The first-order chi connectivity index (χ1) is 8.97. The molecule has 0 spiro atoms. The lowest BCUT2D eigenvalue weighted by molar-refractivity contribution is -0.136. The predicted octanol–water partition coefficient (Wildman–Crippen LogP) is 2.07. The van der Waals surface area contributed by atoms with Crippen LogP contribution in [0.15, 0.2) is 0 Å². The van der Waals surface area contributed by atoms with E-state index >= 15 is 0 Å². The van der Waals surface area contributed by atoms with E-state index in [2.05, 4.69) is 26.1 Å². The molecule has 0 aromatic rings. The number of nitrogens with zero attached hydrogens (tertiary/aromatic N) is 1. The van der Waals surface area contributed by atoms with Gasteiger partial charge >= 0.3 is 0 Å². The molecule has 0 saturated carbocycles. The molecule has 2 heterocycles. The van der Waals surface area contributed by atoms with Gasteiger partial charge in [0.05, 0.1) is 19.1 Å². The van der Waals surface area contributed by atoms with Crippen LogP contribution in [0.5, 0.6) is 0 Å². The van der Waals surface area contributed by atoms with Crippen LogP contribution in [0.4, 0.5) is 0 Å².